The highest BCUT2D eigenvalue weighted by molar-refractivity contribution is 6.03. The summed E-state index contributed by atoms with van der Waals surface area (Å²) in [5.74, 6) is -0.366. The van der Waals surface area contributed by atoms with Crippen molar-refractivity contribution in [3.8, 4) is 6.07 Å². The van der Waals surface area contributed by atoms with Crippen molar-refractivity contribution in [1.29, 1.82) is 5.26 Å². The van der Waals surface area contributed by atoms with Crippen LogP contribution in [-0.4, -0.2) is 15.9 Å². The molecule has 0 spiro atoms. The number of carbonyl (C=O) groups is 1. The molecule has 17 heavy (non-hydrogen) atoms. The molecule has 2 aromatic rings. The minimum atomic E-state index is -0.366. The second-order valence-corrected chi connectivity index (χ2v) is 3.21. The monoisotopic (exact) mass is 224 g/mol. The number of carbonyl (C=O) groups excluding carboxylic acids is 1. The maximum Gasteiger partial charge on any atom is 0.274 e. The van der Waals surface area contributed by atoms with Gasteiger partial charge in [-0.2, -0.15) is 5.26 Å². The lowest BCUT2D eigenvalue weighted by atomic mass is 10.2. The Hall–Kier alpha value is -2.74. The van der Waals surface area contributed by atoms with Gasteiger partial charge in [-0.25, -0.2) is 9.97 Å². The van der Waals surface area contributed by atoms with Gasteiger partial charge in [0, 0.05) is 6.20 Å². The molecular weight excluding hydrogens is 216 g/mol. The Bertz CT molecular complexity index is 575. The molecule has 0 saturated heterocycles. The first-order valence-corrected chi connectivity index (χ1v) is 4.88. The van der Waals surface area contributed by atoms with E-state index in [1.165, 1.54) is 18.6 Å². The number of benzene rings is 1. The van der Waals surface area contributed by atoms with E-state index in [1.54, 1.807) is 24.3 Å². The Balaban J connectivity index is 2.23. The van der Waals surface area contributed by atoms with Crippen LogP contribution >= 0.6 is 0 Å². The van der Waals surface area contributed by atoms with Crippen molar-refractivity contribution in [3.05, 3.63) is 54.1 Å². The van der Waals surface area contributed by atoms with Crippen LogP contribution in [0.15, 0.2) is 42.9 Å². The van der Waals surface area contributed by atoms with Crippen LogP contribution in [0.3, 0.4) is 0 Å². The average Bonchev–Trinajstić information content (AvgIpc) is 2.40. The molecule has 0 saturated carbocycles. The highest BCUT2D eigenvalue weighted by Crippen LogP contribution is 2.14. The molecule has 0 aliphatic carbocycles. The van der Waals surface area contributed by atoms with Gasteiger partial charge in [-0.05, 0) is 18.2 Å². The molecule has 0 aliphatic rings. The summed E-state index contributed by atoms with van der Waals surface area (Å²) in [6, 6.07) is 10.3. The summed E-state index contributed by atoms with van der Waals surface area (Å²) in [5.41, 5.74) is 1.14. The lowest BCUT2D eigenvalue weighted by molar-refractivity contribution is 0.102. The average molecular weight is 224 g/mol. The van der Waals surface area contributed by atoms with E-state index in [0.29, 0.717) is 11.3 Å². The van der Waals surface area contributed by atoms with Gasteiger partial charge in [-0.3, -0.25) is 4.79 Å². The van der Waals surface area contributed by atoms with Gasteiger partial charge in [-0.15, -0.1) is 0 Å². The molecule has 2 rings (SSSR count). The molecule has 0 fully saturated rings. The van der Waals surface area contributed by atoms with Gasteiger partial charge in [0.1, 0.15) is 18.1 Å². The van der Waals surface area contributed by atoms with Crippen molar-refractivity contribution in [2.45, 2.75) is 0 Å². The molecule has 5 nitrogen and oxygen atoms in total. The highest BCUT2D eigenvalue weighted by Gasteiger charge is 2.09. The predicted octanol–water partition coefficient (Wildman–Crippen LogP) is 1.60. The third-order valence-electron chi connectivity index (χ3n) is 2.11. The van der Waals surface area contributed by atoms with E-state index in [2.05, 4.69) is 15.3 Å². The van der Waals surface area contributed by atoms with Crippen LogP contribution in [-0.2, 0) is 0 Å². The van der Waals surface area contributed by atoms with Gasteiger partial charge in [-0.1, -0.05) is 12.1 Å². The summed E-state index contributed by atoms with van der Waals surface area (Å²) >= 11 is 0. The predicted molar refractivity (Wildman–Crippen MR) is 61.1 cm³/mol. The molecule has 0 unspecified atom stereocenters. The molecule has 1 aromatic heterocycles. The molecule has 1 N–H and O–H groups in total. The summed E-state index contributed by atoms with van der Waals surface area (Å²) < 4.78 is 0. The lowest BCUT2D eigenvalue weighted by Gasteiger charge is -2.05. The maximum atomic E-state index is 11.8. The largest absolute Gasteiger partial charge is 0.319 e. The molecule has 82 valence electrons. The first kappa shape index (κ1) is 10.8. The summed E-state index contributed by atoms with van der Waals surface area (Å²) in [6.07, 6.45) is 2.78. The first-order valence-electron chi connectivity index (χ1n) is 4.88. The molecule has 1 aromatic carbocycles. The topological polar surface area (TPSA) is 78.7 Å². The second kappa shape index (κ2) is 4.86. The SMILES string of the molecule is N#Cc1ccccc1NC(=O)c1ccncn1. The Morgan fingerprint density at radius 2 is 2.12 bits per heavy atom. The Morgan fingerprint density at radius 1 is 1.29 bits per heavy atom. The van der Waals surface area contributed by atoms with E-state index in [1.807, 2.05) is 6.07 Å². The third-order valence-corrected chi connectivity index (χ3v) is 2.11. The van der Waals surface area contributed by atoms with Crippen molar-refractivity contribution in [2.75, 3.05) is 5.32 Å². The van der Waals surface area contributed by atoms with Crippen molar-refractivity contribution >= 4 is 11.6 Å². The standard InChI is InChI=1S/C12H8N4O/c13-7-9-3-1-2-4-10(9)16-12(17)11-5-6-14-8-15-11/h1-6,8H,(H,16,17). The number of rotatable bonds is 2. The van der Waals surface area contributed by atoms with E-state index in [0.717, 1.165) is 0 Å². The Labute approximate surface area is 97.8 Å². The number of hydrogen-bond donors (Lipinski definition) is 1. The number of hydrogen-bond acceptors (Lipinski definition) is 4. The van der Waals surface area contributed by atoms with Crippen LogP contribution in [0.2, 0.25) is 0 Å². The molecule has 0 aliphatic heterocycles. The summed E-state index contributed by atoms with van der Waals surface area (Å²) in [6.45, 7) is 0. The smallest absolute Gasteiger partial charge is 0.274 e. The third kappa shape index (κ3) is 2.44. The van der Waals surface area contributed by atoms with Gasteiger partial charge in [0.25, 0.3) is 5.91 Å². The van der Waals surface area contributed by atoms with Crippen molar-refractivity contribution in [2.24, 2.45) is 0 Å². The number of amides is 1. The van der Waals surface area contributed by atoms with E-state index in [-0.39, 0.29) is 11.6 Å². The summed E-state index contributed by atoms with van der Waals surface area (Å²) in [5, 5.41) is 11.5. The lowest BCUT2D eigenvalue weighted by Crippen LogP contribution is -2.14. The fraction of sp³-hybridized carbons (Fsp3) is 0. The molecule has 1 heterocycles. The van der Waals surface area contributed by atoms with E-state index in [4.69, 9.17) is 5.26 Å². The number of para-hydroxylation sites is 1. The quantitative estimate of drug-likeness (QED) is 0.840. The molecule has 5 heteroatoms. The van der Waals surface area contributed by atoms with E-state index in [9.17, 15) is 4.79 Å². The van der Waals surface area contributed by atoms with Gasteiger partial charge in [0.15, 0.2) is 0 Å². The number of anilines is 1. The van der Waals surface area contributed by atoms with Crippen molar-refractivity contribution < 1.29 is 4.79 Å². The van der Waals surface area contributed by atoms with Gasteiger partial charge in [0.05, 0.1) is 11.3 Å². The normalized spacial score (nSPS) is 9.35. The number of aromatic nitrogens is 2. The minimum absolute atomic E-state index is 0.257. The van der Waals surface area contributed by atoms with Crippen LogP contribution in [0.25, 0.3) is 0 Å². The van der Waals surface area contributed by atoms with Crippen LogP contribution in [0.4, 0.5) is 5.69 Å². The Kier molecular flexibility index (Phi) is 3.08. The van der Waals surface area contributed by atoms with Crippen molar-refractivity contribution in [1.82, 2.24) is 9.97 Å². The van der Waals surface area contributed by atoms with E-state index < -0.39 is 0 Å². The molecular formula is C12H8N4O. The number of nitrogens with one attached hydrogen (secondary N) is 1. The molecule has 0 atom stereocenters. The zero-order valence-electron chi connectivity index (χ0n) is 8.79. The zero-order chi connectivity index (χ0) is 12.1. The van der Waals surface area contributed by atoms with Gasteiger partial charge < -0.3 is 5.32 Å². The summed E-state index contributed by atoms with van der Waals surface area (Å²) in [4.78, 5) is 19.3. The fourth-order valence-electron chi connectivity index (χ4n) is 1.30. The van der Waals surface area contributed by atoms with Crippen LogP contribution in [0, 0.1) is 11.3 Å². The van der Waals surface area contributed by atoms with Gasteiger partial charge in [0.2, 0.25) is 0 Å². The highest BCUT2D eigenvalue weighted by atomic mass is 16.1. The molecule has 0 bridgehead atoms. The Morgan fingerprint density at radius 3 is 2.82 bits per heavy atom. The summed E-state index contributed by atoms with van der Waals surface area (Å²) in [7, 11) is 0. The van der Waals surface area contributed by atoms with E-state index >= 15 is 0 Å². The van der Waals surface area contributed by atoms with Gasteiger partial charge >= 0.3 is 0 Å². The number of nitrogens with zero attached hydrogens (tertiary/aromatic N) is 3. The minimum Gasteiger partial charge on any atom is -0.319 e. The zero-order valence-corrected chi connectivity index (χ0v) is 8.79. The van der Waals surface area contributed by atoms with Crippen LogP contribution < -0.4 is 5.32 Å². The van der Waals surface area contributed by atoms with Crippen molar-refractivity contribution in [3.63, 3.8) is 0 Å². The first-order chi connectivity index (χ1) is 8.31. The molecule has 0 radical (unpaired) electrons. The van der Waals surface area contributed by atoms with Crippen LogP contribution in [0.1, 0.15) is 16.1 Å². The maximum absolute atomic E-state index is 11.8. The van der Waals surface area contributed by atoms with Crippen LogP contribution in [0.5, 0.6) is 0 Å². The fourth-order valence-corrected chi connectivity index (χ4v) is 1.30. The molecule has 1 amide bonds. The second-order valence-electron chi connectivity index (χ2n) is 3.21. The number of nitriles is 1.